The number of carbonyl (C=O) groups is 2. The number of carbonyl (C=O) groups excluding carboxylic acids is 2. The van der Waals surface area contributed by atoms with E-state index in [0.29, 0.717) is 0 Å². The van der Waals surface area contributed by atoms with E-state index < -0.39 is 17.5 Å². The molecule has 0 aliphatic carbocycles. The third-order valence-corrected chi connectivity index (χ3v) is 1.26. The van der Waals surface area contributed by atoms with Crippen LogP contribution in [0.25, 0.3) is 0 Å². The number of aldehydes is 1. The van der Waals surface area contributed by atoms with E-state index >= 15 is 0 Å². The lowest BCUT2D eigenvalue weighted by molar-refractivity contribution is -0.198. The molecule has 0 saturated heterocycles. The number of nitrogens with zero attached hydrogens (tertiary/aromatic N) is 1. The molecule has 0 radical (unpaired) electrons. The maximum absolute atomic E-state index is 11.0. The summed E-state index contributed by atoms with van der Waals surface area (Å²) in [7, 11) is 1.34. The molecule has 1 N–H and O–H groups in total. The van der Waals surface area contributed by atoms with Gasteiger partial charge in [0.25, 0.3) is 0 Å². The van der Waals surface area contributed by atoms with Crippen molar-refractivity contribution in [2.45, 2.75) is 19.6 Å². The molecule has 13 heavy (non-hydrogen) atoms. The van der Waals surface area contributed by atoms with Gasteiger partial charge in [0.2, 0.25) is 11.5 Å². The van der Waals surface area contributed by atoms with Crippen LogP contribution in [0.3, 0.4) is 0 Å². The second kappa shape index (κ2) is 4.56. The van der Waals surface area contributed by atoms with E-state index in [0.717, 1.165) is 0 Å². The zero-order valence-corrected chi connectivity index (χ0v) is 7.60. The molecule has 6 nitrogen and oxygen atoms in total. The third-order valence-electron chi connectivity index (χ3n) is 1.26. The molecular weight excluding hydrogens is 178 g/mol. The predicted molar refractivity (Wildman–Crippen MR) is 42.5 cm³/mol. The van der Waals surface area contributed by atoms with Gasteiger partial charge < -0.3 is 14.7 Å². The summed E-state index contributed by atoms with van der Waals surface area (Å²) < 4.78 is 9.40. The minimum absolute atomic E-state index is 0.0913. The molecule has 0 bridgehead atoms. The highest BCUT2D eigenvalue weighted by molar-refractivity contribution is 6.58. The van der Waals surface area contributed by atoms with Gasteiger partial charge in [-0.15, -0.1) is 0 Å². The van der Waals surface area contributed by atoms with Crippen molar-refractivity contribution in [3.63, 3.8) is 0 Å². The Bertz CT molecular complexity index is 233. The molecule has 74 valence electrons. The Kier molecular flexibility index (Phi) is 4.06. The molecule has 0 aromatic rings. The number of methoxy groups -OCH3 is 1. The van der Waals surface area contributed by atoms with Crippen molar-refractivity contribution < 1.29 is 24.3 Å². The molecule has 0 aromatic carbocycles. The minimum Gasteiger partial charge on any atom is -0.429 e. The van der Waals surface area contributed by atoms with Crippen LogP contribution in [0.4, 0.5) is 0 Å². The second-order valence-corrected chi connectivity index (χ2v) is 2.60. The van der Waals surface area contributed by atoms with Gasteiger partial charge in [0.1, 0.15) is 0 Å². The maximum Gasteiger partial charge on any atom is 0.366 e. The molecule has 0 aliphatic rings. The molecule has 0 aliphatic heterocycles. The zero-order valence-electron chi connectivity index (χ0n) is 7.60. The standard InChI is InChI=1S/C7H11NO5/c1-7(2,12-3)13-6(10)5(4-9)8-11/h4,11H,1-3H3/b8-5-. The topological polar surface area (TPSA) is 85.2 Å². The first kappa shape index (κ1) is 11.6. The van der Waals surface area contributed by atoms with E-state index in [2.05, 4.69) is 9.89 Å². The lowest BCUT2D eigenvalue weighted by Crippen LogP contribution is -2.33. The number of oxime groups is 1. The Morgan fingerprint density at radius 2 is 2.08 bits per heavy atom. The number of rotatable bonds is 4. The smallest absolute Gasteiger partial charge is 0.366 e. The summed E-state index contributed by atoms with van der Waals surface area (Å²) in [6.45, 7) is 2.95. The van der Waals surface area contributed by atoms with Crippen molar-refractivity contribution in [3.05, 3.63) is 0 Å². The summed E-state index contributed by atoms with van der Waals surface area (Å²) in [4.78, 5) is 21.1. The van der Waals surface area contributed by atoms with Crippen molar-refractivity contribution in [2.75, 3.05) is 7.11 Å². The van der Waals surface area contributed by atoms with E-state index in [4.69, 9.17) is 9.94 Å². The van der Waals surface area contributed by atoms with Crippen LogP contribution < -0.4 is 0 Å². The van der Waals surface area contributed by atoms with Gasteiger partial charge in [-0.05, 0) is 0 Å². The molecule has 0 unspecified atom stereocenters. The monoisotopic (exact) mass is 189 g/mol. The van der Waals surface area contributed by atoms with Crippen LogP contribution in [0, 0.1) is 0 Å². The van der Waals surface area contributed by atoms with Gasteiger partial charge in [0, 0.05) is 21.0 Å². The van der Waals surface area contributed by atoms with E-state index in [1.807, 2.05) is 0 Å². The first-order valence-electron chi connectivity index (χ1n) is 3.42. The van der Waals surface area contributed by atoms with Crippen LogP contribution in [0.15, 0.2) is 5.16 Å². The summed E-state index contributed by atoms with van der Waals surface area (Å²) in [5.41, 5.74) is -0.704. The highest BCUT2D eigenvalue weighted by atomic mass is 16.7. The molecule has 0 fully saturated rings. The second-order valence-electron chi connectivity index (χ2n) is 2.60. The van der Waals surface area contributed by atoms with Crippen molar-refractivity contribution in [1.82, 2.24) is 0 Å². The van der Waals surface area contributed by atoms with Gasteiger partial charge in [0.05, 0.1) is 0 Å². The fourth-order valence-electron chi connectivity index (χ4n) is 0.430. The summed E-state index contributed by atoms with van der Waals surface area (Å²) in [5, 5.41) is 10.6. The largest absolute Gasteiger partial charge is 0.429 e. The number of hydrogen-bond acceptors (Lipinski definition) is 6. The molecule has 0 heterocycles. The minimum atomic E-state index is -1.16. The molecule has 0 amide bonds. The van der Waals surface area contributed by atoms with Gasteiger partial charge >= 0.3 is 5.97 Å². The lowest BCUT2D eigenvalue weighted by atomic mass is 10.3. The first-order chi connectivity index (χ1) is 5.96. The molecule has 6 heteroatoms. The van der Waals surface area contributed by atoms with Gasteiger partial charge in [0.15, 0.2) is 6.29 Å². The molecule has 0 saturated carbocycles. The average Bonchev–Trinajstić information content (AvgIpc) is 2.06. The number of esters is 1. The maximum atomic E-state index is 11.0. The molecule has 0 aromatic heterocycles. The normalized spacial score (nSPS) is 12.4. The Hall–Kier alpha value is -1.43. The van der Waals surface area contributed by atoms with E-state index in [1.165, 1.54) is 21.0 Å². The number of hydrogen-bond donors (Lipinski definition) is 1. The van der Waals surface area contributed by atoms with E-state index in [1.54, 1.807) is 0 Å². The number of ether oxygens (including phenoxy) is 2. The van der Waals surface area contributed by atoms with Crippen molar-refractivity contribution in [3.8, 4) is 0 Å². The quantitative estimate of drug-likeness (QED) is 0.127. The van der Waals surface area contributed by atoms with Gasteiger partial charge in [-0.25, -0.2) is 4.79 Å². The molecule has 0 atom stereocenters. The fourth-order valence-corrected chi connectivity index (χ4v) is 0.430. The van der Waals surface area contributed by atoms with Crippen LogP contribution in [0.5, 0.6) is 0 Å². The molecule has 0 rings (SSSR count). The van der Waals surface area contributed by atoms with Crippen LogP contribution >= 0.6 is 0 Å². The van der Waals surface area contributed by atoms with Gasteiger partial charge in [-0.3, -0.25) is 4.79 Å². The summed E-state index contributed by atoms with van der Waals surface area (Å²) in [6, 6.07) is 0. The highest BCUT2D eigenvalue weighted by Gasteiger charge is 2.25. The Morgan fingerprint density at radius 3 is 2.38 bits per heavy atom. The zero-order chi connectivity index (χ0) is 10.5. The Balaban J connectivity index is 4.39. The summed E-state index contributed by atoms with van der Waals surface area (Å²) >= 11 is 0. The van der Waals surface area contributed by atoms with E-state index in [9.17, 15) is 9.59 Å². The Morgan fingerprint density at radius 1 is 1.54 bits per heavy atom. The van der Waals surface area contributed by atoms with Gasteiger partial charge in [-0.1, -0.05) is 5.16 Å². The van der Waals surface area contributed by atoms with Crippen LogP contribution in [-0.2, 0) is 19.1 Å². The van der Waals surface area contributed by atoms with Crippen LogP contribution in [-0.4, -0.2) is 36.1 Å². The SMILES string of the molecule is COC(C)(C)OC(=O)/C(C=O)=N\O. The average molecular weight is 189 g/mol. The first-order valence-corrected chi connectivity index (χ1v) is 3.42. The summed E-state index contributed by atoms with van der Waals surface area (Å²) in [5.74, 6) is -2.19. The van der Waals surface area contributed by atoms with Crippen molar-refractivity contribution in [1.29, 1.82) is 0 Å². The lowest BCUT2D eigenvalue weighted by Gasteiger charge is -2.22. The van der Waals surface area contributed by atoms with E-state index in [-0.39, 0.29) is 6.29 Å². The fraction of sp³-hybridized carbons (Fsp3) is 0.571. The highest BCUT2D eigenvalue weighted by Crippen LogP contribution is 2.09. The molecule has 0 spiro atoms. The Labute approximate surface area is 75.1 Å². The third kappa shape index (κ3) is 3.66. The van der Waals surface area contributed by atoms with Gasteiger partial charge in [-0.2, -0.15) is 0 Å². The van der Waals surface area contributed by atoms with Crippen LogP contribution in [0.2, 0.25) is 0 Å². The van der Waals surface area contributed by atoms with Crippen LogP contribution in [0.1, 0.15) is 13.8 Å². The van der Waals surface area contributed by atoms with Crippen molar-refractivity contribution in [2.24, 2.45) is 5.16 Å². The van der Waals surface area contributed by atoms with Crippen molar-refractivity contribution >= 4 is 18.0 Å². The molecular formula is C7H11NO5. The predicted octanol–water partition coefficient (Wildman–Crippen LogP) is -0.0588. The summed E-state index contributed by atoms with van der Waals surface area (Å²) in [6.07, 6.45) is 0.0913.